The maximum absolute atomic E-state index is 12.4. The highest BCUT2D eigenvalue weighted by Gasteiger charge is 2.15. The highest BCUT2D eigenvalue weighted by Crippen LogP contribution is 2.16. The molecular weight excluding hydrogens is 358 g/mol. The number of nitrogens with one attached hydrogen (secondary N) is 2. The first kappa shape index (κ1) is 18.9. The molecule has 2 N–H and O–H groups in total. The molecule has 0 saturated heterocycles. The van der Waals surface area contributed by atoms with Crippen LogP contribution in [0.4, 0.5) is 5.69 Å². The van der Waals surface area contributed by atoms with E-state index in [2.05, 4.69) is 15.8 Å². The van der Waals surface area contributed by atoms with Gasteiger partial charge in [-0.2, -0.15) is 5.10 Å². The van der Waals surface area contributed by atoms with Gasteiger partial charge in [-0.25, -0.2) is 5.43 Å². The van der Waals surface area contributed by atoms with Gasteiger partial charge < -0.3 is 14.5 Å². The second kappa shape index (κ2) is 9.18. The molecule has 7 heteroatoms. The standard InChI is InChI=1S/C21H19N3O4/c1-2-27-16-11-9-15(10-12-16)14-22-24-20(25)17-6-3-4-7-18(17)23-21(26)19-8-5-13-28-19/h3-14H,2H2,1H3,(H,23,26)(H,24,25)/b22-14-. The minimum atomic E-state index is -0.447. The van der Waals surface area contributed by atoms with E-state index in [0.717, 1.165) is 11.3 Å². The smallest absolute Gasteiger partial charge is 0.291 e. The molecule has 3 aromatic rings. The van der Waals surface area contributed by atoms with E-state index in [9.17, 15) is 9.59 Å². The van der Waals surface area contributed by atoms with Crippen molar-refractivity contribution < 1.29 is 18.7 Å². The Balaban J connectivity index is 1.65. The van der Waals surface area contributed by atoms with Crippen molar-refractivity contribution in [1.82, 2.24) is 5.43 Å². The molecule has 1 aromatic heterocycles. The number of ether oxygens (including phenoxy) is 1. The Bertz CT molecular complexity index is 964. The third-order valence-electron chi connectivity index (χ3n) is 3.74. The lowest BCUT2D eigenvalue weighted by atomic mass is 10.1. The molecule has 0 bridgehead atoms. The Hall–Kier alpha value is -3.87. The first-order chi connectivity index (χ1) is 13.7. The Kier molecular flexibility index (Phi) is 6.20. The molecule has 0 spiro atoms. The van der Waals surface area contributed by atoms with Gasteiger partial charge >= 0.3 is 0 Å². The summed E-state index contributed by atoms with van der Waals surface area (Å²) >= 11 is 0. The number of furan rings is 1. The van der Waals surface area contributed by atoms with Gasteiger partial charge in [0.25, 0.3) is 11.8 Å². The van der Waals surface area contributed by atoms with Gasteiger partial charge in [0.1, 0.15) is 5.75 Å². The summed E-state index contributed by atoms with van der Waals surface area (Å²) in [5, 5.41) is 6.63. The highest BCUT2D eigenvalue weighted by molar-refractivity contribution is 6.07. The normalized spacial score (nSPS) is 10.6. The van der Waals surface area contributed by atoms with Crippen LogP contribution in [0.1, 0.15) is 33.4 Å². The van der Waals surface area contributed by atoms with Crippen molar-refractivity contribution in [2.45, 2.75) is 6.92 Å². The number of benzene rings is 2. The number of hydrazone groups is 1. The van der Waals surface area contributed by atoms with E-state index in [4.69, 9.17) is 9.15 Å². The van der Waals surface area contributed by atoms with Gasteiger partial charge in [-0.15, -0.1) is 0 Å². The molecule has 2 aromatic carbocycles. The van der Waals surface area contributed by atoms with E-state index in [-0.39, 0.29) is 11.3 Å². The molecular formula is C21H19N3O4. The zero-order valence-electron chi connectivity index (χ0n) is 15.2. The van der Waals surface area contributed by atoms with E-state index in [1.165, 1.54) is 12.5 Å². The molecule has 3 rings (SSSR count). The maximum Gasteiger partial charge on any atom is 0.291 e. The summed E-state index contributed by atoms with van der Waals surface area (Å²) in [5.74, 6) is 0.0364. The van der Waals surface area contributed by atoms with E-state index in [1.807, 2.05) is 31.2 Å². The van der Waals surface area contributed by atoms with Gasteiger partial charge in [0, 0.05) is 0 Å². The predicted octanol–water partition coefficient (Wildman–Crippen LogP) is 3.69. The van der Waals surface area contributed by atoms with Crippen LogP contribution in [0.5, 0.6) is 5.75 Å². The summed E-state index contributed by atoms with van der Waals surface area (Å²) in [4.78, 5) is 24.6. The molecule has 0 unspecified atom stereocenters. The van der Waals surface area contributed by atoms with Gasteiger partial charge in [0.15, 0.2) is 5.76 Å². The Morgan fingerprint density at radius 1 is 1.04 bits per heavy atom. The molecule has 0 atom stereocenters. The van der Waals surface area contributed by atoms with Crippen molar-refractivity contribution in [3.63, 3.8) is 0 Å². The monoisotopic (exact) mass is 377 g/mol. The number of carbonyl (C=O) groups is 2. The minimum Gasteiger partial charge on any atom is -0.494 e. The molecule has 142 valence electrons. The molecule has 0 fully saturated rings. The Labute approximate surface area is 162 Å². The largest absolute Gasteiger partial charge is 0.494 e. The van der Waals surface area contributed by atoms with Crippen LogP contribution in [0.3, 0.4) is 0 Å². The van der Waals surface area contributed by atoms with E-state index >= 15 is 0 Å². The minimum absolute atomic E-state index is 0.156. The summed E-state index contributed by atoms with van der Waals surface area (Å²) in [5.41, 5.74) is 3.91. The summed E-state index contributed by atoms with van der Waals surface area (Å²) in [6, 6.07) is 17.1. The van der Waals surface area contributed by atoms with Crippen LogP contribution in [0, 0.1) is 0 Å². The number of nitrogens with zero attached hydrogens (tertiary/aromatic N) is 1. The van der Waals surface area contributed by atoms with Gasteiger partial charge in [-0.3, -0.25) is 9.59 Å². The molecule has 28 heavy (non-hydrogen) atoms. The van der Waals surface area contributed by atoms with Crippen LogP contribution >= 0.6 is 0 Å². The molecule has 2 amide bonds. The Morgan fingerprint density at radius 3 is 2.54 bits per heavy atom. The first-order valence-electron chi connectivity index (χ1n) is 8.67. The SMILES string of the molecule is CCOc1ccc(/C=N\NC(=O)c2ccccc2NC(=O)c2ccco2)cc1. The van der Waals surface area contributed by atoms with Crippen LogP contribution in [0.2, 0.25) is 0 Å². The second-order valence-electron chi connectivity index (χ2n) is 5.68. The van der Waals surface area contributed by atoms with Crippen molar-refractivity contribution >= 4 is 23.7 Å². The lowest BCUT2D eigenvalue weighted by molar-refractivity contribution is 0.0956. The van der Waals surface area contributed by atoms with Crippen LogP contribution in [-0.2, 0) is 0 Å². The van der Waals surface area contributed by atoms with Gasteiger partial charge in [-0.05, 0) is 61.0 Å². The number of hydrogen-bond acceptors (Lipinski definition) is 5. The fourth-order valence-electron chi connectivity index (χ4n) is 2.42. The summed E-state index contributed by atoms with van der Waals surface area (Å²) in [6.07, 6.45) is 2.93. The topological polar surface area (TPSA) is 92.9 Å². The van der Waals surface area contributed by atoms with Gasteiger partial charge in [0.2, 0.25) is 0 Å². The number of rotatable bonds is 7. The zero-order valence-corrected chi connectivity index (χ0v) is 15.2. The van der Waals surface area contributed by atoms with Crippen LogP contribution in [-0.4, -0.2) is 24.6 Å². The third-order valence-corrected chi connectivity index (χ3v) is 3.74. The third kappa shape index (κ3) is 4.85. The quantitative estimate of drug-likeness (QED) is 0.485. The summed E-state index contributed by atoms with van der Waals surface area (Å²) in [6.45, 7) is 2.51. The average molecular weight is 377 g/mol. The molecule has 0 aliphatic rings. The lowest BCUT2D eigenvalue weighted by Crippen LogP contribution is -2.21. The first-order valence-corrected chi connectivity index (χ1v) is 8.67. The number of hydrogen-bond donors (Lipinski definition) is 2. The van der Waals surface area contributed by atoms with Crippen molar-refractivity contribution in [3.8, 4) is 5.75 Å². The average Bonchev–Trinajstić information content (AvgIpc) is 3.25. The fraction of sp³-hybridized carbons (Fsp3) is 0.0952. The van der Waals surface area contributed by atoms with E-state index in [0.29, 0.717) is 12.3 Å². The molecule has 1 heterocycles. The van der Waals surface area contributed by atoms with E-state index in [1.54, 1.807) is 36.4 Å². The number of amides is 2. The molecule has 7 nitrogen and oxygen atoms in total. The number of anilines is 1. The van der Waals surface area contributed by atoms with Gasteiger partial charge in [-0.1, -0.05) is 12.1 Å². The summed E-state index contributed by atoms with van der Waals surface area (Å²) < 4.78 is 10.4. The van der Waals surface area contributed by atoms with Crippen LogP contribution < -0.4 is 15.5 Å². The van der Waals surface area contributed by atoms with Crippen molar-refractivity contribution in [2.24, 2.45) is 5.10 Å². The molecule has 0 saturated carbocycles. The predicted molar refractivity (Wildman–Crippen MR) is 106 cm³/mol. The molecule has 0 radical (unpaired) electrons. The van der Waals surface area contributed by atoms with Crippen molar-refractivity contribution in [1.29, 1.82) is 0 Å². The summed E-state index contributed by atoms with van der Waals surface area (Å²) in [7, 11) is 0. The van der Waals surface area contributed by atoms with E-state index < -0.39 is 11.8 Å². The maximum atomic E-state index is 12.4. The van der Waals surface area contributed by atoms with Gasteiger partial charge in [0.05, 0.1) is 30.3 Å². The van der Waals surface area contributed by atoms with Crippen molar-refractivity contribution in [3.05, 3.63) is 83.8 Å². The zero-order chi connectivity index (χ0) is 19.8. The number of carbonyl (C=O) groups excluding carboxylic acids is 2. The molecule has 0 aliphatic heterocycles. The Morgan fingerprint density at radius 2 is 1.82 bits per heavy atom. The fourth-order valence-corrected chi connectivity index (χ4v) is 2.42. The second-order valence-corrected chi connectivity index (χ2v) is 5.68. The highest BCUT2D eigenvalue weighted by atomic mass is 16.5. The number of para-hydroxylation sites is 1. The lowest BCUT2D eigenvalue weighted by Gasteiger charge is -2.08. The van der Waals surface area contributed by atoms with Crippen molar-refractivity contribution in [2.75, 3.05) is 11.9 Å². The van der Waals surface area contributed by atoms with Crippen LogP contribution in [0.15, 0.2) is 76.4 Å². The van der Waals surface area contributed by atoms with Crippen LogP contribution in [0.25, 0.3) is 0 Å². The molecule has 0 aliphatic carbocycles.